The second kappa shape index (κ2) is 6.24. The molecule has 24 heavy (non-hydrogen) atoms. The fourth-order valence-corrected chi connectivity index (χ4v) is 3.23. The molecule has 1 amide bonds. The van der Waals surface area contributed by atoms with Gasteiger partial charge in [-0.25, -0.2) is 4.98 Å². The van der Waals surface area contributed by atoms with Crippen molar-refractivity contribution < 1.29 is 4.79 Å². The number of carbonyl (C=O) groups excluding carboxylic acids is 1. The fraction of sp³-hybridized carbons (Fsp3) is 0.471. The van der Waals surface area contributed by atoms with Crippen molar-refractivity contribution in [2.45, 2.75) is 24.8 Å². The van der Waals surface area contributed by atoms with Crippen molar-refractivity contribution in [1.29, 1.82) is 0 Å². The van der Waals surface area contributed by atoms with Crippen molar-refractivity contribution in [2.75, 3.05) is 33.4 Å². The number of anilines is 1. The van der Waals surface area contributed by atoms with Gasteiger partial charge in [0.05, 0.1) is 6.20 Å². The Labute approximate surface area is 142 Å². The standard InChI is InChI=1S/C17H24N6O/c1-21(2)17(8-6-9-17)12-22(3)16(24)13-11-20-23(15(13)18)14-7-4-5-10-19-14/h4-5,7,10-11H,6,8-9,12,18H2,1-3H3. The lowest BCUT2D eigenvalue weighted by atomic mass is 9.75. The lowest BCUT2D eigenvalue weighted by Crippen LogP contribution is -2.57. The number of nitrogens with two attached hydrogens (primary N) is 1. The maximum absolute atomic E-state index is 12.8. The summed E-state index contributed by atoms with van der Waals surface area (Å²) in [7, 11) is 5.97. The van der Waals surface area contributed by atoms with E-state index in [2.05, 4.69) is 29.1 Å². The third kappa shape index (κ3) is 2.75. The Balaban J connectivity index is 1.79. The van der Waals surface area contributed by atoms with E-state index in [1.807, 2.05) is 19.2 Å². The van der Waals surface area contributed by atoms with E-state index in [4.69, 9.17) is 5.73 Å². The molecule has 1 aliphatic carbocycles. The second-order valence-electron chi connectivity index (χ2n) is 6.68. The van der Waals surface area contributed by atoms with Crippen LogP contribution >= 0.6 is 0 Å². The number of rotatable bonds is 5. The van der Waals surface area contributed by atoms with Gasteiger partial charge in [0.2, 0.25) is 0 Å². The van der Waals surface area contributed by atoms with Crippen LogP contribution in [0, 0.1) is 0 Å². The molecule has 1 saturated carbocycles. The first-order valence-corrected chi connectivity index (χ1v) is 8.12. The number of pyridine rings is 1. The SMILES string of the molecule is CN(CC1(N(C)C)CCC1)C(=O)c1cnn(-c2ccccn2)c1N. The van der Waals surface area contributed by atoms with Gasteiger partial charge < -0.3 is 15.5 Å². The van der Waals surface area contributed by atoms with Gasteiger partial charge in [-0.2, -0.15) is 9.78 Å². The molecule has 3 rings (SSSR count). The zero-order valence-corrected chi connectivity index (χ0v) is 14.4. The summed E-state index contributed by atoms with van der Waals surface area (Å²) in [4.78, 5) is 21.0. The molecule has 0 atom stereocenters. The number of hydrogen-bond donors (Lipinski definition) is 1. The summed E-state index contributed by atoms with van der Waals surface area (Å²) in [6, 6.07) is 5.48. The normalized spacial score (nSPS) is 16.0. The van der Waals surface area contributed by atoms with E-state index in [1.54, 1.807) is 17.2 Å². The molecule has 0 spiro atoms. The second-order valence-corrected chi connectivity index (χ2v) is 6.68. The Kier molecular flexibility index (Phi) is 4.28. The Morgan fingerprint density at radius 2 is 2.08 bits per heavy atom. The lowest BCUT2D eigenvalue weighted by Gasteiger charge is -2.49. The molecule has 2 aromatic rings. The molecule has 7 heteroatoms. The first-order valence-electron chi connectivity index (χ1n) is 8.12. The van der Waals surface area contributed by atoms with Crippen LogP contribution < -0.4 is 5.73 Å². The fourth-order valence-electron chi connectivity index (χ4n) is 3.23. The van der Waals surface area contributed by atoms with Crippen molar-refractivity contribution in [2.24, 2.45) is 0 Å². The minimum Gasteiger partial charge on any atom is -0.383 e. The smallest absolute Gasteiger partial charge is 0.259 e. The van der Waals surface area contributed by atoms with Gasteiger partial charge in [0.1, 0.15) is 11.4 Å². The highest BCUT2D eigenvalue weighted by Crippen LogP contribution is 2.37. The first-order chi connectivity index (χ1) is 11.4. The summed E-state index contributed by atoms with van der Waals surface area (Å²) in [6.07, 6.45) is 6.62. The topological polar surface area (TPSA) is 80.3 Å². The Morgan fingerprint density at radius 1 is 1.33 bits per heavy atom. The van der Waals surface area contributed by atoms with Crippen LogP contribution in [0.15, 0.2) is 30.6 Å². The maximum atomic E-state index is 12.8. The number of carbonyl (C=O) groups is 1. The van der Waals surface area contributed by atoms with Crippen LogP contribution in [0.1, 0.15) is 29.6 Å². The van der Waals surface area contributed by atoms with Crippen LogP contribution in [0.3, 0.4) is 0 Å². The van der Waals surface area contributed by atoms with Gasteiger partial charge in [-0.3, -0.25) is 4.79 Å². The minimum absolute atomic E-state index is 0.0795. The summed E-state index contributed by atoms with van der Waals surface area (Å²) in [5, 5.41) is 4.23. The van der Waals surface area contributed by atoms with E-state index in [0.717, 1.165) is 12.8 Å². The first kappa shape index (κ1) is 16.4. The molecule has 0 aliphatic heterocycles. The van der Waals surface area contributed by atoms with Gasteiger partial charge >= 0.3 is 0 Å². The number of nitrogen functional groups attached to an aromatic ring is 1. The van der Waals surface area contributed by atoms with E-state index in [0.29, 0.717) is 23.7 Å². The number of likely N-dealkylation sites (N-methyl/N-ethyl adjacent to an activating group) is 2. The molecule has 0 bridgehead atoms. The largest absolute Gasteiger partial charge is 0.383 e. The molecule has 128 valence electrons. The van der Waals surface area contributed by atoms with Crippen molar-refractivity contribution >= 4 is 11.7 Å². The molecule has 0 aromatic carbocycles. The van der Waals surface area contributed by atoms with Crippen LogP contribution in [0.4, 0.5) is 5.82 Å². The van der Waals surface area contributed by atoms with Gasteiger partial charge in [0.25, 0.3) is 5.91 Å². The van der Waals surface area contributed by atoms with E-state index in [1.165, 1.54) is 17.3 Å². The van der Waals surface area contributed by atoms with Crippen LogP contribution in [-0.4, -0.2) is 63.7 Å². The van der Waals surface area contributed by atoms with Crippen molar-refractivity contribution in [3.63, 3.8) is 0 Å². The highest BCUT2D eigenvalue weighted by Gasteiger charge is 2.41. The number of nitrogens with zero attached hydrogens (tertiary/aromatic N) is 5. The molecule has 1 fully saturated rings. The summed E-state index contributed by atoms with van der Waals surface area (Å²) in [5.74, 6) is 0.807. The lowest BCUT2D eigenvalue weighted by molar-refractivity contribution is 0.0253. The predicted octanol–water partition coefficient (Wildman–Crippen LogP) is 1.41. The number of hydrogen-bond acceptors (Lipinski definition) is 5. The van der Waals surface area contributed by atoms with E-state index >= 15 is 0 Å². The third-order valence-electron chi connectivity index (χ3n) is 5.01. The Bertz CT molecular complexity index is 720. The minimum atomic E-state index is -0.109. The molecule has 7 nitrogen and oxygen atoms in total. The summed E-state index contributed by atoms with van der Waals surface area (Å²) in [6.45, 7) is 0.688. The molecule has 2 N–H and O–H groups in total. The van der Waals surface area contributed by atoms with Crippen LogP contribution in [0.25, 0.3) is 5.82 Å². The average Bonchev–Trinajstić information content (AvgIpc) is 2.92. The highest BCUT2D eigenvalue weighted by molar-refractivity contribution is 5.98. The van der Waals surface area contributed by atoms with Crippen molar-refractivity contribution in [3.8, 4) is 5.82 Å². The third-order valence-corrected chi connectivity index (χ3v) is 5.01. The van der Waals surface area contributed by atoms with Gasteiger partial charge in [-0.1, -0.05) is 6.07 Å². The van der Waals surface area contributed by atoms with Crippen LogP contribution in [-0.2, 0) is 0 Å². The van der Waals surface area contributed by atoms with Gasteiger partial charge in [-0.05, 0) is 45.5 Å². The Hall–Kier alpha value is -2.41. The Morgan fingerprint density at radius 3 is 2.62 bits per heavy atom. The quantitative estimate of drug-likeness (QED) is 0.897. The summed E-state index contributed by atoms with van der Waals surface area (Å²) >= 11 is 0. The van der Waals surface area contributed by atoms with Crippen molar-refractivity contribution in [1.82, 2.24) is 24.6 Å². The molecule has 1 aliphatic rings. The molecule has 2 aromatic heterocycles. The van der Waals surface area contributed by atoms with Crippen LogP contribution in [0.2, 0.25) is 0 Å². The number of aromatic nitrogens is 3. The van der Waals surface area contributed by atoms with Crippen molar-refractivity contribution in [3.05, 3.63) is 36.2 Å². The zero-order valence-electron chi connectivity index (χ0n) is 14.4. The van der Waals surface area contributed by atoms with Gasteiger partial charge in [0, 0.05) is 25.3 Å². The zero-order chi connectivity index (χ0) is 17.3. The molecule has 0 saturated heterocycles. The van der Waals surface area contributed by atoms with E-state index in [9.17, 15) is 4.79 Å². The van der Waals surface area contributed by atoms with Crippen LogP contribution in [0.5, 0.6) is 0 Å². The summed E-state index contributed by atoms with van der Waals surface area (Å²) in [5.41, 5.74) is 6.64. The number of amides is 1. The molecule has 0 unspecified atom stereocenters. The molecule has 2 heterocycles. The average molecular weight is 328 g/mol. The van der Waals surface area contributed by atoms with E-state index < -0.39 is 0 Å². The predicted molar refractivity (Wildman–Crippen MR) is 93.0 cm³/mol. The van der Waals surface area contributed by atoms with E-state index in [-0.39, 0.29) is 11.4 Å². The highest BCUT2D eigenvalue weighted by atomic mass is 16.2. The van der Waals surface area contributed by atoms with Gasteiger partial charge in [-0.15, -0.1) is 0 Å². The maximum Gasteiger partial charge on any atom is 0.259 e. The van der Waals surface area contributed by atoms with Gasteiger partial charge in [0.15, 0.2) is 5.82 Å². The monoisotopic (exact) mass is 328 g/mol. The molecule has 0 radical (unpaired) electrons. The summed E-state index contributed by atoms with van der Waals surface area (Å²) < 4.78 is 1.49. The molecular formula is C17H24N6O. The molecular weight excluding hydrogens is 304 g/mol.